The molecule has 3 rings (SSSR count). The number of ketones is 1. The maximum absolute atomic E-state index is 13.1. The van der Waals surface area contributed by atoms with Crippen molar-refractivity contribution < 1.29 is 13.2 Å². The van der Waals surface area contributed by atoms with E-state index in [2.05, 4.69) is 0 Å². The first-order chi connectivity index (χ1) is 11.6. The van der Waals surface area contributed by atoms with Gasteiger partial charge in [-0.05, 0) is 36.5 Å². The molecule has 0 N–H and O–H groups in total. The SMILES string of the molecule is O=C1CCCC(/C=C(/c2ccccc2)S(=O)(=O)c2ccccc2)C1. The largest absolute Gasteiger partial charge is 0.300 e. The molecule has 3 nitrogen and oxygen atoms in total. The molecule has 0 aromatic heterocycles. The van der Waals surface area contributed by atoms with Crippen molar-refractivity contribution in [1.29, 1.82) is 0 Å². The molecule has 2 aromatic carbocycles. The van der Waals surface area contributed by atoms with Crippen molar-refractivity contribution in [2.24, 2.45) is 5.92 Å². The third kappa shape index (κ3) is 3.65. The third-order valence-corrected chi connectivity index (χ3v) is 6.15. The van der Waals surface area contributed by atoms with Crippen LogP contribution in [0.3, 0.4) is 0 Å². The number of benzene rings is 2. The molecule has 0 radical (unpaired) electrons. The molecular weight excluding hydrogens is 320 g/mol. The van der Waals surface area contributed by atoms with Crippen molar-refractivity contribution in [3.63, 3.8) is 0 Å². The van der Waals surface area contributed by atoms with Crippen molar-refractivity contribution in [2.45, 2.75) is 30.6 Å². The van der Waals surface area contributed by atoms with Gasteiger partial charge in [0, 0.05) is 12.8 Å². The quantitative estimate of drug-likeness (QED) is 0.835. The van der Waals surface area contributed by atoms with E-state index in [1.807, 2.05) is 18.2 Å². The Kier molecular flexibility index (Phi) is 4.95. The van der Waals surface area contributed by atoms with Crippen LogP contribution in [0.15, 0.2) is 71.6 Å². The molecule has 1 atom stereocenters. The lowest BCUT2D eigenvalue weighted by atomic mass is 9.88. The summed E-state index contributed by atoms with van der Waals surface area (Å²) in [5.74, 6) is 0.201. The van der Waals surface area contributed by atoms with Crippen LogP contribution >= 0.6 is 0 Å². The molecular formula is C20H20O3S. The highest BCUT2D eigenvalue weighted by molar-refractivity contribution is 8.00. The molecule has 0 amide bonds. The summed E-state index contributed by atoms with van der Waals surface area (Å²) in [6.07, 6.45) is 4.51. The first-order valence-corrected chi connectivity index (χ1v) is 9.65. The van der Waals surface area contributed by atoms with Gasteiger partial charge in [0.2, 0.25) is 9.84 Å². The Morgan fingerprint density at radius 2 is 1.58 bits per heavy atom. The van der Waals surface area contributed by atoms with E-state index in [-0.39, 0.29) is 16.6 Å². The summed E-state index contributed by atoms with van der Waals surface area (Å²) >= 11 is 0. The average molecular weight is 340 g/mol. The van der Waals surface area contributed by atoms with E-state index in [4.69, 9.17) is 0 Å². The zero-order valence-corrected chi connectivity index (χ0v) is 14.2. The second-order valence-corrected chi connectivity index (χ2v) is 8.03. The maximum atomic E-state index is 13.1. The predicted octanol–water partition coefficient (Wildman–Crippen LogP) is 4.26. The molecule has 1 unspecified atom stereocenters. The van der Waals surface area contributed by atoms with E-state index in [0.717, 1.165) is 12.8 Å². The molecule has 124 valence electrons. The first-order valence-electron chi connectivity index (χ1n) is 8.16. The van der Waals surface area contributed by atoms with Crippen molar-refractivity contribution in [3.8, 4) is 0 Å². The molecule has 1 saturated carbocycles. The smallest absolute Gasteiger partial charge is 0.206 e. The van der Waals surface area contributed by atoms with Crippen LogP contribution in [0.1, 0.15) is 31.2 Å². The van der Waals surface area contributed by atoms with Gasteiger partial charge < -0.3 is 0 Å². The molecule has 0 bridgehead atoms. The van der Waals surface area contributed by atoms with E-state index >= 15 is 0 Å². The molecule has 0 spiro atoms. The van der Waals surface area contributed by atoms with Gasteiger partial charge in [-0.2, -0.15) is 0 Å². The van der Waals surface area contributed by atoms with E-state index < -0.39 is 9.84 Å². The Morgan fingerprint density at radius 3 is 2.21 bits per heavy atom. The van der Waals surface area contributed by atoms with E-state index in [1.165, 1.54) is 0 Å². The molecule has 0 heterocycles. The van der Waals surface area contributed by atoms with Gasteiger partial charge in [0.05, 0.1) is 9.80 Å². The van der Waals surface area contributed by atoms with Crippen LogP contribution in [0, 0.1) is 5.92 Å². The van der Waals surface area contributed by atoms with Crippen LogP contribution in [0.2, 0.25) is 0 Å². The normalized spacial score (nSPS) is 19.2. The molecule has 1 aliphatic carbocycles. The number of carbonyl (C=O) groups excluding carboxylic acids is 1. The third-order valence-electron chi connectivity index (χ3n) is 4.31. The van der Waals surface area contributed by atoms with Crippen LogP contribution in [-0.4, -0.2) is 14.2 Å². The van der Waals surface area contributed by atoms with Crippen LogP contribution in [0.4, 0.5) is 0 Å². The Morgan fingerprint density at radius 1 is 0.958 bits per heavy atom. The highest BCUT2D eigenvalue weighted by Crippen LogP contribution is 2.32. The molecule has 2 aromatic rings. The summed E-state index contributed by atoms with van der Waals surface area (Å²) in [5, 5.41) is 0. The summed E-state index contributed by atoms with van der Waals surface area (Å²) in [5.41, 5.74) is 0.666. The van der Waals surface area contributed by atoms with E-state index in [0.29, 0.717) is 23.3 Å². The van der Waals surface area contributed by atoms with Crippen molar-refractivity contribution >= 4 is 20.5 Å². The zero-order chi connectivity index (χ0) is 17.0. The lowest BCUT2D eigenvalue weighted by Crippen LogP contribution is -2.15. The standard InChI is InChI=1S/C20H20O3S/c21-18-11-7-8-16(14-18)15-20(17-9-3-1-4-10-17)24(22,23)19-12-5-2-6-13-19/h1-6,9-10,12-13,15-16H,7-8,11,14H2/b20-15-. The molecule has 0 saturated heterocycles. The van der Waals surface area contributed by atoms with Gasteiger partial charge in [-0.15, -0.1) is 0 Å². The predicted molar refractivity (Wildman–Crippen MR) is 95.0 cm³/mol. The van der Waals surface area contributed by atoms with Gasteiger partial charge >= 0.3 is 0 Å². The zero-order valence-electron chi connectivity index (χ0n) is 13.4. The second kappa shape index (κ2) is 7.14. The molecule has 4 heteroatoms. The number of allylic oxidation sites excluding steroid dienone is 1. The number of hydrogen-bond donors (Lipinski definition) is 0. The Bertz CT molecular complexity index is 837. The van der Waals surface area contributed by atoms with Crippen LogP contribution in [0.5, 0.6) is 0 Å². The maximum Gasteiger partial charge on any atom is 0.206 e. The minimum absolute atomic E-state index is 0.0139. The lowest BCUT2D eigenvalue weighted by molar-refractivity contribution is -0.121. The summed E-state index contributed by atoms with van der Waals surface area (Å²) in [6, 6.07) is 17.6. The first kappa shape index (κ1) is 16.7. The summed E-state index contributed by atoms with van der Waals surface area (Å²) in [4.78, 5) is 12.3. The number of sulfone groups is 1. The second-order valence-electron chi connectivity index (χ2n) is 6.11. The lowest BCUT2D eigenvalue weighted by Gasteiger charge is -2.19. The number of rotatable bonds is 4. The van der Waals surface area contributed by atoms with Crippen molar-refractivity contribution in [2.75, 3.05) is 0 Å². The Hall–Kier alpha value is -2.20. The van der Waals surface area contributed by atoms with Gasteiger partial charge in [-0.1, -0.05) is 54.6 Å². The number of hydrogen-bond acceptors (Lipinski definition) is 3. The van der Waals surface area contributed by atoms with Crippen LogP contribution < -0.4 is 0 Å². The van der Waals surface area contributed by atoms with Gasteiger partial charge in [-0.3, -0.25) is 4.79 Å². The fourth-order valence-corrected chi connectivity index (χ4v) is 4.67. The minimum atomic E-state index is -3.62. The number of carbonyl (C=O) groups is 1. The van der Waals surface area contributed by atoms with Gasteiger partial charge in [-0.25, -0.2) is 8.42 Å². The summed E-state index contributed by atoms with van der Waals surface area (Å²) in [7, 11) is -3.62. The molecule has 1 aliphatic rings. The van der Waals surface area contributed by atoms with Gasteiger partial charge in [0.15, 0.2) is 0 Å². The van der Waals surface area contributed by atoms with Crippen LogP contribution in [-0.2, 0) is 14.6 Å². The Balaban J connectivity index is 2.08. The fourth-order valence-electron chi connectivity index (χ4n) is 3.08. The van der Waals surface area contributed by atoms with Crippen molar-refractivity contribution in [1.82, 2.24) is 0 Å². The van der Waals surface area contributed by atoms with E-state index in [9.17, 15) is 13.2 Å². The Labute approximate surface area is 142 Å². The van der Waals surface area contributed by atoms with Crippen LogP contribution in [0.25, 0.3) is 4.91 Å². The molecule has 24 heavy (non-hydrogen) atoms. The average Bonchev–Trinajstić information content (AvgIpc) is 2.61. The number of Topliss-reactive ketones (excluding diaryl/α,β-unsaturated/α-hetero) is 1. The highest BCUT2D eigenvalue weighted by Gasteiger charge is 2.25. The topological polar surface area (TPSA) is 51.2 Å². The highest BCUT2D eigenvalue weighted by atomic mass is 32.2. The van der Waals surface area contributed by atoms with Crippen molar-refractivity contribution in [3.05, 3.63) is 72.3 Å². The molecule has 0 aliphatic heterocycles. The summed E-state index contributed by atoms with van der Waals surface area (Å²) in [6.45, 7) is 0. The molecule has 1 fully saturated rings. The minimum Gasteiger partial charge on any atom is -0.300 e. The van der Waals surface area contributed by atoms with E-state index in [1.54, 1.807) is 48.5 Å². The fraction of sp³-hybridized carbons (Fsp3) is 0.250. The summed E-state index contributed by atoms with van der Waals surface area (Å²) < 4.78 is 26.3. The monoisotopic (exact) mass is 340 g/mol. The van der Waals surface area contributed by atoms with Gasteiger partial charge in [0.25, 0.3) is 0 Å². The van der Waals surface area contributed by atoms with Gasteiger partial charge in [0.1, 0.15) is 5.78 Å².